The fourth-order valence-corrected chi connectivity index (χ4v) is 2.32. The Morgan fingerprint density at radius 1 is 1.10 bits per heavy atom. The van der Waals surface area contributed by atoms with Crippen LogP contribution in [0.2, 0.25) is 0 Å². The van der Waals surface area contributed by atoms with Gasteiger partial charge in [-0.3, -0.25) is 4.79 Å². The largest absolute Gasteiger partial charge is 0.497 e. The first kappa shape index (κ1) is 13.5. The van der Waals surface area contributed by atoms with Crippen LogP contribution < -0.4 is 14.2 Å². The maximum Gasteiger partial charge on any atom is 0.318 e. The van der Waals surface area contributed by atoms with Crippen LogP contribution in [0.25, 0.3) is 0 Å². The normalized spacial score (nSPS) is 16.5. The van der Waals surface area contributed by atoms with E-state index in [-0.39, 0.29) is 11.9 Å². The number of para-hydroxylation sites is 1. The van der Waals surface area contributed by atoms with Crippen molar-refractivity contribution in [2.45, 2.75) is 6.42 Å². The molecule has 1 aliphatic rings. The number of ether oxygens (including phenoxy) is 3. The van der Waals surface area contributed by atoms with Gasteiger partial charge >= 0.3 is 5.97 Å². The van der Waals surface area contributed by atoms with Crippen LogP contribution in [0.4, 0.5) is 0 Å². The summed E-state index contributed by atoms with van der Waals surface area (Å²) in [4.78, 5) is 12.2. The van der Waals surface area contributed by atoms with Gasteiger partial charge in [-0.05, 0) is 42.3 Å². The van der Waals surface area contributed by atoms with Gasteiger partial charge in [-0.15, -0.1) is 0 Å². The molecule has 1 heterocycles. The zero-order chi connectivity index (χ0) is 14.7. The molecule has 1 atom stereocenters. The van der Waals surface area contributed by atoms with Crippen molar-refractivity contribution in [3.05, 3.63) is 54.1 Å². The Balaban J connectivity index is 1.66. The Morgan fingerprint density at radius 3 is 2.57 bits per heavy atom. The highest BCUT2D eigenvalue weighted by molar-refractivity contribution is 5.76. The van der Waals surface area contributed by atoms with Crippen LogP contribution in [-0.2, 0) is 11.2 Å². The van der Waals surface area contributed by atoms with Gasteiger partial charge in [-0.2, -0.15) is 0 Å². The van der Waals surface area contributed by atoms with E-state index in [4.69, 9.17) is 14.2 Å². The zero-order valence-electron chi connectivity index (χ0n) is 11.7. The van der Waals surface area contributed by atoms with Gasteiger partial charge in [0.1, 0.15) is 23.9 Å². The molecule has 0 N–H and O–H groups in total. The van der Waals surface area contributed by atoms with E-state index in [0.717, 1.165) is 17.1 Å². The second-order valence-electron chi connectivity index (χ2n) is 4.92. The van der Waals surface area contributed by atoms with Crippen LogP contribution in [0, 0.1) is 5.92 Å². The van der Waals surface area contributed by atoms with Gasteiger partial charge < -0.3 is 14.2 Å². The quantitative estimate of drug-likeness (QED) is 0.642. The van der Waals surface area contributed by atoms with Crippen LogP contribution in [0.3, 0.4) is 0 Å². The molecule has 0 saturated heterocycles. The molecule has 0 radical (unpaired) electrons. The van der Waals surface area contributed by atoms with E-state index in [1.165, 1.54) is 0 Å². The van der Waals surface area contributed by atoms with E-state index in [0.29, 0.717) is 18.8 Å². The van der Waals surface area contributed by atoms with Crippen LogP contribution in [0.5, 0.6) is 17.2 Å². The lowest BCUT2D eigenvalue weighted by Gasteiger charge is -2.23. The summed E-state index contributed by atoms with van der Waals surface area (Å²) in [7, 11) is 1.60. The molecule has 0 amide bonds. The van der Waals surface area contributed by atoms with E-state index in [1.807, 2.05) is 24.3 Å². The minimum atomic E-state index is -0.276. The lowest BCUT2D eigenvalue weighted by atomic mass is 9.97. The minimum absolute atomic E-state index is 0.269. The number of hydrogen-bond donors (Lipinski definition) is 0. The summed E-state index contributed by atoms with van der Waals surface area (Å²) in [5.74, 6) is 1.55. The SMILES string of the molecule is COc1ccc(OC(=O)C2COc3ccccc3C2)cc1. The number of fused-ring (bicyclic) bond motifs is 1. The number of methoxy groups -OCH3 is 1. The zero-order valence-corrected chi connectivity index (χ0v) is 11.7. The van der Waals surface area contributed by atoms with Gasteiger partial charge in [0.2, 0.25) is 0 Å². The monoisotopic (exact) mass is 284 g/mol. The smallest absolute Gasteiger partial charge is 0.318 e. The van der Waals surface area contributed by atoms with Crippen molar-refractivity contribution < 1.29 is 19.0 Å². The van der Waals surface area contributed by atoms with Gasteiger partial charge in [-0.25, -0.2) is 0 Å². The number of esters is 1. The van der Waals surface area contributed by atoms with Crippen LogP contribution in [-0.4, -0.2) is 19.7 Å². The molecule has 0 aliphatic carbocycles. The number of carbonyl (C=O) groups excluding carboxylic acids is 1. The van der Waals surface area contributed by atoms with E-state index < -0.39 is 0 Å². The van der Waals surface area contributed by atoms with Gasteiger partial charge in [0.15, 0.2) is 0 Å². The van der Waals surface area contributed by atoms with E-state index >= 15 is 0 Å². The maximum atomic E-state index is 12.2. The third-order valence-corrected chi connectivity index (χ3v) is 3.49. The molecule has 3 rings (SSSR count). The Labute approximate surface area is 123 Å². The average molecular weight is 284 g/mol. The maximum absolute atomic E-state index is 12.2. The number of benzene rings is 2. The highest BCUT2D eigenvalue weighted by atomic mass is 16.5. The Kier molecular flexibility index (Phi) is 3.77. The Hall–Kier alpha value is -2.49. The lowest BCUT2D eigenvalue weighted by Crippen LogP contribution is -2.31. The molecule has 1 unspecified atom stereocenters. The third kappa shape index (κ3) is 2.99. The van der Waals surface area contributed by atoms with Crippen LogP contribution in [0.1, 0.15) is 5.56 Å². The predicted octanol–water partition coefficient (Wildman–Crippen LogP) is 2.85. The molecule has 2 aromatic carbocycles. The number of hydrogen-bond acceptors (Lipinski definition) is 4. The van der Waals surface area contributed by atoms with Gasteiger partial charge in [0.05, 0.1) is 13.0 Å². The number of carbonyl (C=O) groups is 1. The van der Waals surface area contributed by atoms with Crippen molar-refractivity contribution >= 4 is 5.97 Å². The van der Waals surface area contributed by atoms with E-state index in [9.17, 15) is 4.79 Å². The second-order valence-corrected chi connectivity index (χ2v) is 4.92. The summed E-state index contributed by atoms with van der Waals surface area (Å²) in [6.07, 6.45) is 0.644. The first-order valence-electron chi connectivity index (χ1n) is 6.82. The highest BCUT2D eigenvalue weighted by Gasteiger charge is 2.27. The van der Waals surface area contributed by atoms with Crippen molar-refractivity contribution in [3.8, 4) is 17.2 Å². The minimum Gasteiger partial charge on any atom is -0.497 e. The first-order valence-corrected chi connectivity index (χ1v) is 6.82. The summed E-state index contributed by atoms with van der Waals surface area (Å²) in [5, 5.41) is 0. The summed E-state index contributed by atoms with van der Waals surface area (Å²) in [5.41, 5.74) is 1.04. The van der Waals surface area contributed by atoms with Crippen molar-refractivity contribution in [2.75, 3.05) is 13.7 Å². The molecule has 21 heavy (non-hydrogen) atoms. The molecule has 108 valence electrons. The Bertz CT molecular complexity index is 633. The van der Waals surface area contributed by atoms with E-state index in [1.54, 1.807) is 31.4 Å². The fourth-order valence-electron chi connectivity index (χ4n) is 2.32. The molecule has 4 heteroatoms. The standard InChI is InChI=1S/C17H16O4/c1-19-14-6-8-15(9-7-14)21-17(18)13-10-12-4-2-3-5-16(12)20-11-13/h2-9,13H,10-11H2,1H3. The molecular weight excluding hydrogens is 268 g/mol. The Morgan fingerprint density at radius 2 is 1.81 bits per heavy atom. The summed E-state index contributed by atoms with van der Waals surface area (Å²) in [6, 6.07) is 14.7. The fraction of sp³-hybridized carbons (Fsp3) is 0.235. The summed E-state index contributed by atoms with van der Waals surface area (Å²) >= 11 is 0. The molecule has 4 nitrogen and oxygen atoms in total. The molecule has 2 aromatic rings. The van der Waals surface area contributed by atoms with Crippen molar-refractivity contribution in [3.63, 3.8) is 0 Å². The number of rotatable bonds is 3. The predicted molar refractivity (Wildman–Crippen MR) is 77.8 cm³/mol. The molecule has 0 aromatic heterocycles. The van der Waals surface area contributed by atoms with Gasteiger partial charge in [0.25, 0.3) is 0 Å². The molecule has 0 fully saturated rings. The highest BCUT2D eigenvalue weighted by Crippen LogP contribution is 2.28. The molecule has 0 spiro atoms. The average Bonchev–Trinajstić information content (AvgIpc) is 2.55. The van der Waals surface area contributed by atoms with Crippen molar-refractivity contribution in [2.24, 2.45) is 5.92 Å². The summed E-state index contributed by atoms with van der Waals surface area (Å²) in [6.45, 7) is 0.353. The van der Waals surface area contributed by atoms with Gasteiger partial charge in [0, 0.05) is 0 Å². The van der Waals surface area contributed by atoms with Crippen LogP contribution >= 0.6 is 0 Å². The molecule has 0 saturated carbocycles. The lowest BCUT2D eigenvalue weighted by molar-refractivity contribution is -0.140. The topological polar surface area (TPSA) is 44.8 Å². The second kappa shape index (κ2) is 5.87. The van der Waals surface area contributed by atoms with Crippen LogP contribution in [0.15, 0.2) is 48.5 Å². The van der Waals surface area contributed by atoms with Crippen molar-refractivity contribution in [1.29, 1.82) is 0 Å². The first-order chi connectivity index (χ1) is 10.3. The molecular formula is C17H16O4. The molecule has 1 aliphatic heterocycles. The van der Waals surface area contributed by atoms with Crippen molar-refractivity contribution in [1.82, 2.24) is 0 Å². The van der Waals surface area contributed by atoms with E-state index in [2.05, 4.69) is 0 Å². The summed E-state index contributed by atoms with van der Waals surface area (Å²) < 4.78 is 16.1. The third-order valence-electron chi connectivity index (χ3n) is 3.49. The molecule has 0 bridgehead atoms. The van der Waals surface area contributed by atoms with Gasteiger partial charge in [-0.1, -0.05) is 18.2 Å².